The molecule has 0 aromatic carbocycles. The van der Waals surface area contributed by atoms with E-state index in [-0.39, 0.29) is 0 Å². The minimum absolute atomic E-state index is 0.303. The molecule has 0 bridgehead atoms. The maximum atomic E-state index is 3.36. The zero-order valence-corrected chi connectivity index (χ0v) is 12.7. The van der Waals surface area contributed by atoms with Gasteiger partial charge in [-0.15, -0.1) is 0 Å². The van der Waals surface area contributed by atoms with Crippen molar-refractivity contribution in [1.82, 2.24) is 15.1 Å². The van der Waals surface area contributed by atoms with Crippen molar-refractivity contribution in [3.63, 3.8) is 0 Å². The van der Waals surface area contributed by atoms with Crippen LogP contribution in [0, 0.1) is 0 Å². The third kappa shape index (κ3) is 3.06. The summed E-state index contributed by atoms with van der Waals surface area (Å²) in [6.45, 7) is 8.36. The van der Waals surface area contributed by atoms with Gasteiger partial charge in [0, 0.05) is 37.3 Å². The van der Waals surface area contributed by atoms with Crippen LogP contribution >= 0.6 is 0 Å². The molecule has 2 fully saturated rings. The first-order valence-corrected chi connectivity index (χ1v) is 7.66. The van der Waals surface area contributed by atoms with E-state index in [0.29, 0.717) is 11.6 Å². The Hall–Kier alpha value is -0.120. The third-order valence-corrected chi connectivity index (χ3v) is 5.07. The molecule has 3 heteroatoms. The van der Waals surface area contributed by atoms with E-state index in [2.05, 4.69) is 43.1 Å². The van der Waals surface area contributed by atoms with E-state index in [4.69, 9.17) is 0 Å². The third-order valence-electron chi connectivity index (χ3n) is 5.07. The van der Waals surface area contributed by atoms with E-state index in [9.17, 15) is 0 Å². The van der Waals surface area contributed by atoms with E-state index in [0.717, 1.165) is 12.6 Å². The normalized spacial score (nSPS) is 31.7. The van der Waals surface area contributed by atoms with Crippen LogP contribution in [0.1, 0.15) is 46.0 Å². The molecule has 18 heavy (non-hydrogen) atoms. The summed E-state index contributed by atoms with van der Waals surface area (Å²) in [5.74, 6) is 0. The van der Waals surface area contributed by atoms with Crippen molar-refractivity contribution >= 4 is 0 Å². The first kappa shape index (κ1) is 14.3. The first-order chi connectivity index (χ1) is 8.54. The molecule has 0 aromatic rings. The second-order valence-corrected chi connectivity index (χ2v) is 6.86. The topological polar surface area (TPSA) is 18.5 Å². The number of nitrogens with one attached hydrogen (secondary N) is 1. The Balaban J connectivity index is 2.03. The Bertz CT molecular complexity index is 258. The smallest absolute Gasteiger partial charge is 0.0350 e. The minimum Gasteiger partial charge on any atom is -0.318 e. The summed E-state index contributed by atoms with van der Waals surface area (Å²) >= 11 is 0. The highest BCUT2D eigenvalue weighted by Crippen LogP contribution is 2.29. The molecule has 1 heterocycles. The quantitative estimate of drug-likeness (QED) is 0.829. The van der Waals surface area contributed by atoms with E-state index < -0.39 is 0 Å². The highest BCUT2D eigenvalue weighted by Gasteiger charge is 2.39. The second kappa shape index (κ2) is 5.89. The van der Waals surface area contributed by atoms with Gasteiger partial charge in [-0.3, -0.25) is 9.80 Å². The van der Waals surface area contributed by atoms with Crippen molar-refractivity contribution in [3.05, 3.63) is 0 Å². The molecule has 0 radical (unpaired) electrons. The van der Waals surface area contributed by atoms with Gasteiger partial charge >= 0.3 is 0 Å². The molecule has 2 aliphatic rings. The van der Waals surface area contributed by atoms with Gasteiger partial charge in [0.15, 0.2) is 0 Å². The highest BCUT2D eigenvalue weighted by molar-refractivity contribution is 4.96. The van der Waals surface area contributed by atoms with E-state index in [1.807, 2.05) is 0 Å². The van der Waals surface area contributed by atoms with Crippen molar-refractivity contribution in [1.29, 1.82) is 0 Å². The molecule has 1 saturated carbocycles. The predicted octanol–water partition coefficient (Wildman–Crippen LogP) is 1.93. The Kier molecular flexibility index (Phi) is 4.68. The number of piperazine rings is 1. The first-order valence-electron chi connectivity index (χ1n) is 7.66. The van der Waals surface area contributed by atoms with Gasteiger partial charge in [0.05, 0.1) is 0 Å². The summed E-state index contributed by atoms with van der Waals surface area (Å²) in [4.78, 5) is 5.35. The zero-order valence-electron chi connectivity index (χ0n) is 12.7. The van der Waals surface area contributed by atoms with Crippen molar-refractivity contribution in [2.75, 3.05) is 33.7 Å². The Morgan fingerprint density at radius 3 is 2.44 bits per heavy atom. The van der Waals surface area contributed by atoms with Crippen LogP contribution in [0.4, 0.5) is 0 Å². The largest absolute Gasteiger partial charge is 0.318 e. The van der Waals surface area contributed by atoms with Gasteiger partial charge in [-0.25, -0.2) is 0 Å². The predicted molar refractivity (Wildman–Crippen MR) is 78.0 cm³/mol. The van der Waals surface area contributed by atoms with E-state index >= 15 is 0 Å². The number of rotatable bonds is 3. The Labute approximate surface area is 113 Å². The van der Waals surface area contributed by atoms with Crippen molar-refractivity contribution in [2.24, 2.45) is 0 Å². The fraction of sp³-hybridized carbons (Fsp3) is 1.00. The van der Waals surface area contributed by atoms with E-state index in [1.54, 1.807) is 0 Å². The molecule has 1 aliphatic carbocycles. The molecule has 1 unspecified atom stereocenters. The Morgan fingerprint density at radius 2 is 1.83 bits per heavy atom. The van der Waals surface area contributed by atoms with Crippen LogP contribution in [0.2, 0.25) is 0 Å². The van der Waals surface area contributed by atoms with Crippen LogP contribution < -0.4 is 5.32 Å². The summed E-state index contributed by atoms with van der Waals surface area (Å²) in [5.41, 5.74) is 0.303. The number of hydrogen-bond donors (Lipinski definition) is 1. The fourth-order valence-corrected chi connectivity index (χ4v) is 3.72. The number of hydrogen-bond acceptors (Lipinski definition) is 3. The van der Waals surface area contributed by atoms with Gasteiger partial charge in [0.2, 0.25) is 0 Å². The molecule has 2 rings (SSSR count). The highest BCUT2D eigenvalue weighted by atomic mass is 15.3. The molecular weight excluding hydrogens is 222 g/mol. The van der Waals surface area contributed by atoms with E-state index in [1.165, 1.54) is 45.2 Å². The summed E-state index contributed by atoms with van der Waals surface area (Å²) in [6.07, 6.45) is 7.17. The molecule has 1 aliphatic heterocycles. The lowest BCUT2D eigenvalue weighted by Crippen LogP contribution is -2.66. The van der Waals surface area contributed by atoms with Crippen LogP contribution in [-0.4, -0.2) is 61.2 Å². The second-order valence-electron chi connectivity index (χ2n) is 6.86. The van der Waals surface area contributed by atoms with Crippen molar-refractivity contribution in [3.8, 4) is 0 Å². The van der Waals surface area contributed by atoms with Gasteiger partial charge in [0.1, 0.15) is 0 Å². The standard InChI is InChI=1S/C15H31N3/c1-15(2)12-18(13-8-6-5-7-9-13)11-14(10-16-3)17(15)4/h13-14,16H,5-12H2,1-4H3. The summed E-state index contributed by atoms with van der Waals surface area (Å²) in [6, 6.07) is 1.51. The summed E-state index contributed by atoms with van der Waals surface area (Å²) < 4.78 is 0. The summed E-state index contributed by atoms with van der Waals surface area (Å²) in [5, 5.41) is 3.36. The van der Waals surface area contributed by atoms with Crippen LogP contribution in [0.5, 0.6) is 0 Å². The molecule has 106 valence electrons. The van der Waals surface area contributed by atoms with Gasteiger partial charge in [-0.1, -0.05) is 19.3 Å². The monoisotopic (exact) mass is 253 g/mol. The molecular formula is C15H31N3. The number of nitrogens with zero attached hydrogens (tertiary/aromatic N) is 2. The minimum atomic E-state index is 0.303. The summed E-state index contributed by atoms with van der Waals surface area (Å²) in [7, 11) is 4.36. The molecule has 1 saturated heterocycles. The zero-order chi connectivity index (χ0) is 13.2. The molecule has 0 aromatic heterocycles. The van der Waals surface area contributed by atoms with Crippen LogP contribution in [0.15, 0.2) is 0 Å². The number of likely N-dealkylation sites (N-methyl/N-ethyl adjacent to an activating group) is 2. The average molecular weight is 253 g/mol. The maximum absolute atomic E-state index is 3.36. The van der Waals surface area contributed by atoms with Crippen molar-refractivity contribution in [2.45, 2.75) is 63.6 Å². The molecule has 0 amide bonds. The van der Waals surface area contributed by atoms with Crippen LogP contribution in [0.3, 0.4) is 0 Å². The molecule has 0 spiro atoms. The average Bonchev–Trinajstić information content (AvgIpc) is 2.36. The SMILES string of the molecule is CNCC1CN(C2CCCCC2)CC(C)(C)N1C. The van der Waals surface area contributed by atoms with Crippen molar-refractivity contribution < 1.29 is 0 Å². The fourth-order valence-electron chi connectivity index (χ4n) is 3.72. The van der Waals surface area contributed by atoms with Crippen LogP contribution in [0.25, 0.3) is 0 Å². The molecule has 3 nitrogen and oxygen atoms in total. The molecule has 1 atom stereocenters. The van der Waals surface area contributed by atoms with Crippen LogP contribution in [-0.2, 0) is 0 Å². The molecule has 1 N–H and O–H groups in total. The Morgan fingerprint density at radius 1 is 1.17 bits per heavy atom. The lowest BCUT2D eigenvalue weighted by molar-refractivity contribution is -0.0300. The van der Waals surface area contributed by atoms with Gasteiger partial charge < -0.3 is 5.32 Å². The van der Waals surface area contributed by atoms with Gasteiger partial charge in [0.25, 0.3) is 0 Å². The lowest BCUT2D eigenvalue weighted by Gasteiger charge is -2.53. The maximum Gasteiger partial charge on any atom is 0.0350 e. The van der Waals surface area contributed by atoms with Gasteiger partial charge in [-0.2, -0.15) is 0 Å². The lowest BCUT2D eigenvalue weighted by atomic mass is 9.89. The van der Waals surface area contributed by atoms with Gasteiger partial charge in [-0.05, 0) is 40.8 Å².